The summed E-state index contributed by atoms with van der Waals surface area (Å²) in [6.07, 6.45) is 2.92. The molecule has 0 aliphatic heterocycles. The minimum atomic E-state index is -0.619. The predicted octanol–water partition coefficient (Wildman–Crippen LogP) is 2.80. The molecule has 0 aromatic carbocycles. The summed E-state index contributed by atoms with van der Waals surface area (Å²) in [5, 5.41) is 8.50. The van der Waals surface area contributed by atoms with Crippen molar-refractivity contribution in [2.75, 3.05) is 4.43 Å². The van der Waals surface area contributed by atoms with Crippen LogP contribution in [-0.4, -0.2) is 27.1 Å². The Morgan fingerprint density at radius 3 is 2.00 bits per heavy atom. The van der Waals surface area contributed by atoms with Crippen LogP contribution >= 0.6 is 22.6 Å². The van der Waals surface area contributed by atoms with E-state index in [4.69, 9.17) is 9.84 Å². The zero-order chi connectivity index (χ0) is 13.7. The van der Waals surface area contributed by atoms with Crippen LogP contribution in [0.2, 0.25) is 0 Å². The molecule has 0 aromatic heterocycles. The Morgan fingerprint density at radius 1 is 1.47 bits per heavy atom. The lowest BCUT2D eigenvalue weighted by atomic mass is 10.2. The Morgan fingerprint density at radius 2 is 1.94 bits per heavy atom. The highest BCUT2D eigenvalue weighted by atomic mass is 127. The minimum Gasteiger partial charge on any atom is -0.481 e. The van der Waals surface area contributed by atoms with Crippen LogP contribution < -0.4 is 0 Å². The van der Waals surface area contributed by atoms with E-state index in [1.807, 2.05) is 20.8 Å². The summed E-state index contributed by atoms with van der Waals surface area (Å²) in [4.78, 5) is 20.8. The first-order chi connectivity index (χ1) is 7.67. The Kier molecular flexibility index (Phi) is 6.15. The van der Waals surface area contributed by atoms with Gasteiger partial charge in [-0.2, -0.15) is 0 Å². The van der Waals surface area contributed by atoms with Crippen molar-refractivity contribution < 1.29 is 19.4 Å². The van der Waals surface area contributed by atoms with Gasteiger partial charge in [0.2, 0.25) is 0 Å². The van der Waals surface area contributed by atoms with Crippen LogP contribution in [0.15, 0.2) is 12.7 Å². The summed E-state index contributed by atoms with van der Waals surface area (Å²) < 4.78 is 5.59. The van der Waals surface area contributed by atoms with Crippen molar-refractivity contribution in [1.82, 2.24) is 0 Å². The molecule has 0 amide bonds. The van der Waals surface area contributed by atoms with Crippen molar-refractivity contribution in [3.63, 3.8) is 0 Å². The van der Waals surface area contributed by atoms with Crippen LogP contribution in [0.3, 0.4) is 0 Å². The lowest BCUT2D eigenvalue weighted by Crippen LogP contribution is -2.22. The molecule has 1 aliphatic rings. The number of aliphatic carboxylic acids is 1. The highest BCUT2D eigenvalue weighted by molar-refractivity contribution is 14.1. The van der Waals surface area contributed by atoms with Gasteiger partial charge in [-0.25, -0.2) is 4.79 Å². The van der Waals surface area contributed by atoms with Gasteiger partial charge in [-0.3, -0.25) is 4.79 Å². The van der Waals surface area contributed by atoms with E-state index >= 15 is 0 Å². The van der Waals surface area contributed by atoms with Crippen molar-refractivity contribution in [1.29, 1.82) is 0 Å². The minimum absolute atomic E-state index is 0.305. The average molecular weight is 354 g/mol. The maximum Gasteiger partial charge on any atom is 0.330 e. The van der Waals surface area contributed by atoms with Gasteiger partial charge in [0.1, 0.15) is 5.60 Å². The second kappa shape index (κ2) is 6.37. The summed E-state index contributed by atoms with van der Waals surface area (Å²) >= 11 is 2.13. The summed E-state index contributed by atoms with van der Waals surface area (Å²) in [5.41, 5.74) is -0.703. The summed E-state index contributed by atoms with van der Waals surface area (Å²) in [6, 6.07) is 0. The number of carbonyl (C=O) groups is 2. The molecule has 1 N–H and O–H groups in total. The first kappa shape index (κ1) is 16.4. The van der Waals surface area contributed by atoms with Gasteiger partial charge < -0.3 is 9.84 Å². The molecule has 0 spiro atoms. The number of alkyl halides is 1. The molecule has 5 heteroatoms. The van der Waals surface area contributed by atoms with E-state index in [0.29, 0.717) is 0 Å². The predicted molar refractivity (Wildman–Crippen MR) is 74.2 cm³/mol. The Labute approximate surface area is 116 Å². The third-order valence-corrected chi connectivity index (χ3v) is 3.60. The fourth-order valence-corrected chi connectivity index (χ4v) is 1.99. The van der Waals surface area contributed by atoms with E-state index in [0.717, 1.165) is 23.3 Å². The Balaban J connectivity index is 0.000000302. The van der Waals surface area contributed by atoms with Crippen molar-refractivity contribution in [3.05, 3.63) is 12.7 Å². The molecule has 98 valence electrons. The van der Waals surface area contributed by atoms with Gasteiger partial charge in [-0.05, 0) is 33.6 Å². The zero-order valence-corrected chi connectivity index (χ0v) is 12.6. The third kappa shape index (κ3) is 6.65. The number of ether oxygens (including phenoxy) is 1. The molecule has 0 heterocycles. The van der Waals surface area contributed by atoms with E-state index in [2.05, 4.69) is 29.2 Å². The number of rotatable bonds is 3. The third-order valence-electron chi connectivity index (χ3n) is 2.14. The van der Waals surface area contributed by atoms with Gasteiger partial charge in [-0.15, -0.1) is 0 Å². The van der Waals surface area contributed by atoms with Gasteiger partial charge in [0.25, 0.3) is 0 Å². The highest BCUT2D eigenvalue weighted by Crippen LogP contribution is 2.47. The number of carboxylic acid groups (broad SMARTS) is 1. The first-order valence-electron chi connectivity index (χ1n) is 5.31. The van der Waals surface area contributed by atoms with Crippen molar-refractivity contribution >= 4 is 34.5 Å². The van der Waals surface area contributed by atoms with E-state index < -0.39 is 11.6 Å². The van der Waals surface area contributed by atoms with Gasteiger partial charge >= 0.3 is 11.9 Å². The molecule has 0 aromatic rings. The number of carboxylic acids is 1. The molecule has 1 fully saturated rings. The molecule has 17 heavy (non-hydrogen) atoms. The molecule has 0 atom stereocenters. The van der Waals surface area contributed by atoms with Gasteiger partial charge in [0.15, 0.2) is 0 Å². The topological polar surface area (TPSA) is 63.6 Å². The largest absolute Gasteiger partial charge is 0.481 e. The molecular weight excluding hydrogens is 335 g/mol. The maximum absolute atomic E-state index is 10.5. The van der Waals surface area contributed by atoms with E-state index in [1.54, 1.807) is 0 Å². The summed E-state index contributed by atoms with van der Waals surface area (Å²) in [5.74, 6) is -0.991. The standard InChI is InChI=1S/C7H12O2.C5H7IO2/c1-5-6(8)9-7(2,3)4;6-3-5(1-2-5)4(7)8/h5H,1H2,2-4H3;1-3H2,(H,7,8). The molecule has 0 saturated heterocycles. The van der Waals surface area contributed by atoms with E-state index in [-0.39, 0.29) is 11.4 Å². The van der Waals surface area contributed by atoms with Gasteiger partial charge in [-0.1, -0.05) is 29.2 Å². The number of halogens is 1. The SMILES string of the molecule is C=CC(=O)OC(C)(C)C.O=C(O)C1(CI)CC1. The number of carbonyl (C=O) groups excluding carboxylic acids is 1. The fraction of sp³-hybridized carbons (Fsp3) is 0.667. The smallest absolute Gasteiger partial charge is 0.330 e. The normalized spacial score (nSPS) is 16.2. The molecule has 1 aliphatic carbocycles. The molecular formula is C12H19IO4. The fourth-order valence-electron chi connectivity index (χ4n) is 0.899. The number of hydrogen-bond acceptors (Lipinski definition) is 3. The number of esters is 1. The van der Waals surface area contributed by atoms with Gasteiger partial charge in [0, 0.05) is 10.5 Å². The molecule has 0 radical (unpaired) electrons. The van der Waals surface area contributed by atoms with Crippen LogP contribution in [0.5, 0.6) is 0 Å². The van der Waals surface area contributed by atoms with Crippen LogP contribution in [-0.2, 0) is 14.3 Å². The molecule has 4 nitrogen and oxygen atoms in total. The van der Waals surface area contributed by atoms with E-state index in [9.17, 15) is 9.59 Å². The maximum atomic E-state index is 10.5. The molecule has 1 saturated carbocycles. The lowest BCUT2D eigenvalue weighted by Gasteiger charge is -2.17. The quantitative estimate of drug-likeness (QED) is 0.366. The van der Waals surface area contributed by atoms with Crippen molar-refractivity contribution in [3.8, 4) is 0 Å². The zero-order valence-electron chi connectivity index (χ0n) is 10.5. The van der Waals surface area contributed by atoms with Crippen LogP contribution in [0.1, 0.15) is 33.6 Å². The Hall–Kier alpha value is -0.590. The molecule has 1 rings (SSSR count). The van der Waals surface area contributed by atoms with Crippen molar-refractivity contribution in [2.45, 2.75) is 39.2 Å². The molecule has 0 bridgehead atoms. The van der Waals surface area contributed by atoms with Crippen LogP contribution in [0.25, 0.3) is 0 Å². The monoisotopic (exact) mass is 354 g/mol. The second-order valence-corrected chi connectivity index (χ2v) is 5.72. The highest BCUT2D eigenvalue weighted by Gasteiger charge is 2.48. The Bertz CT molecular complexity index is 300. The van der Waals surface area contributed by atoms with E-state index in [1.165, 1.54) is 0 Å². The summed E-state index contributed by atoms with van der Waals surface area (Å²) in [7, 11) is 0. The first-order valence-corrected chi connectivity index (χ1v) is 6.84. The van der Waals surface area contributed by atoms with Gasteiger partial charge in [0.05, 0.1) is 5.41 Å². The average Bonchev–Trinajstić information content (AvgIpc) is 2.96. The summed E-state index contributed by atoms with van der Waals surface area (Å²) in [6.45, 7) is 8.71. The molecule has 0 unspecified atom stereocenters. The van der Waals surface area contributed by atoms with Crippen molar-refractivity contribution in [2.24, 2.45) is 5.41 Å². The lowest BCUT2D eigenvalue weighted by molar-refractivity contribution is -0.148. The number of hydrogen-bond donors (Lipinski definition) is 1. The second-order valence-electron chi connectivity index (χ2n) is 4.96. The van der Waals surface area contributed by atoms with Crippen LogP contribution in [0, 0.1) is 5.41 Å². The van der Waals surface area contributed by atoms with Crippen LogP contribution in [0.4, 0.5) is 0 Å².